The second-order valence-electron chi connectivity index (χ2n) is 4.07. The Morgan fingerprint density at radius 2 is 2.10 bits per heavy atom. The number of anilines is 1. The average molecular weight is 358 g/mol. The molecule has 2 aromatic rings. The highest BCUT2D eigenvalue weighted by molar-refractivity contribution is 9.10. The average Bonchev–Trinajstić information content (AvgIpc) is 2.85. The number of nitrogens with one attached hydrogen (secondary N) is 1. The molecule has 0 saturated heterocycles. The van der Waals surface area contributed by atoms with Crippen LogP contribution in [0.4, 0.5) is 10.1 Å². The van der Waals surface area contributed by atoms with Gasteiger partial charge in [0.05, 0.1) is 19.2 Å². The van der Waals surface area contributed by atoms with E-state index < -0.39 is 0 Å². The Kier molecular flexibility index (Phi) is 5.14. The third-order valence-electron chi connectivity index (χ3n) is 2.67. The summed E-state index contributed by atoms with van der Waals surface area (Å²) in [6.07, 6.45) is 0.268. The molecule has 20 heavy (non-hydrogen) atoms. The fourth-order valence-corrected chi connectivity index (χ4v) is 3.09. The van der Waals surface area contributed by atoms with E-state index in [1.165, 1.54) is 24.5 Å². The van der Waals surface area contributed by atoms with Gasteiger partial charge in [-0.05, 0) is 40.2 Å². The highest BCUT2D eigenvalue weighted by Crippen LogP contribution is 2.26. The number of hydrogen-bond acceptors (Lipinski definition) is 4. The molecule has 2 rings (SSSR count). The van der Waals surface area contributed by atoms with E-state index in [0.717, 1.165) is 9.75 Å². The molecule has 1 aromatic heterocycles. The minimum atomic E-state index is -0.300. The first-order valence-corrected chi connectivity index (χ1v) is 7.53. The Morgan fingerprint density at radius 3 is 2.80 bits per heavy atom. The van der Waals surface area contributed by atoms with Crippen LogP contribution in [0.5, 0.6) is 0 Å². The second kappa shape index (κ2) is 6.85. The smallest absolute Gasteiger partial charge is 0.310 e. The summed E-state index contributed by atoms with van der Waals surface area (Å²) < 4.78 is 18.9. The summed E-state index contributed by atoms with van der Waals surface area (Å²) in [6.45, 7) is 0.505. The largest absolute Gasteiger partial charge is 0.469 e. The van der Waals surface area contributed by atoms with Gasteiger partial charge < -0.3 is 10.1 Å². The monoisotopic (exact) mass is 357 g/mol. The molecule has 0 aliphatic carbocycles. The van der Waals surface area contributed by atoms with Gasteiger partial charge in [-0.25, -0.2) is 4.39 Å². The zero-order valence-electron chi connectivity index (χ0n) is 10.8. The SMILES string of the molecule is COC(=O)Cc1ccc(CNc2c(F)cccc2Br)s1. The van der Waals surface area contributed by atoms with Crippen molar-refractivity contribution < 1.29 is 13.9 Å². The van der Waals surface area contributed by atoms with Crippen LogP contribution in [0.1, 0.15) is 9.75 Å². The Bertz CT molecular complexity index is 595. The van der Waals surface area contributed by atoms with Crippen molar-refractivity contribution in [1.29, 1.82) is 0 Å². The number of methoxy groups -OCH3 is 1. The predicted molar refractivity (Wildman–Crippen MR) is 81.5 cm³/mol. The molecule has 0 aliphatic rings. The lowest BCUT2D eigenvalue weighted by molar-refractivity contribution is -0.139. The van der Waals surface area contributed by atoms with E-state index in [0.29, 0.717) is 16.7 Å². The van der Waals surface area contributed by atoms with Crippen molar-refractivity contribution in [3.63, 3.8) is 0 Å². The van der Waals surface area contributed by atoms with E-state index in [4.69, 9.17) is 0 Å². The Labute approximate surface area is 128 Å². The number of ether oxygens (including phenoxy) is 1. The van der Waals surface area contributed by atoms with Crippen LogP contribution in [0.3, 0.4) is 0 Å². The normalized spacial score (nSPS) is 10.3. The van der Waals surface area contributed by atoms with E-state index in [-0.39, 0.29) is 18.2 Å². The summed E-state index contributed by atoms with van der Waals surface area (Å²) >= 11 is 4.81. The maximum absolute atomic E-state index is 13.6. The summed E-state index contributed by atoms with van der Waals surface area (Å²) in [5, 5.41) is 3.05. The number of carbonyl (C=O) groups is 1. The summed E-state index contributed by atoms with van der Waals surface area (Å²) in [5.74, 6) is -0.561. The van der Waals surface area contributed by atoms with Crippen molar-refractivity contribution in [2.75, 3.05) is 12.4 Å². The lowest BCUT2D eigenvalue weighted by Crippen LogP contribution is -2.02. The molecule has 0 saturated carbocycles. The van der Waals surface area contributed by atoms with Gasteiger partial charge in [0.2, 0.25) is 0 Å². The maximum atomic E-state index is 13.6. The molecule has 0 radical (unpaired) electrons. The van der Waals surface area contributed by atoms with Gasteiger partial charge in [0.15, 0.2) is 0 Å². The number of thiophene rings is 1. The molecule has 0 unspecified atom stereocenters. The van der Waals surface area contributed by atoms with Crippen LogP contribution in [-0.2, 0) is 22.5 Å². The molecule has 0 atom stereocenters. The van der Waals surface area contributed by atoms with E-state index in [1.54, 1.807) is 12.1 Å². The zero-order valence-corrected chi connectivity index (χ0v) is 13.2. The Balaban J connectivity index is 1.99. The van der Waals surface area contributed by atoms with Crippen LogP contribution in [0.25, 0.3) is 0 Å². The van der Waals surface area contributed by atoms with E-state index in [1.807, 2.05) is 12.1 Å². The van der Waals surface area contributed by atoms with Crippen LogP contribution < -0.4 is 5.32 Å². The Hall–Kier alpha value is -1.40. The first kappa shape index (κ1) is 15.0. The number of hydrogen-bond donors (Lipinski definition) is 1. The van der Waals surface area contributed by atoms with Crippen molar-refractivity contribution in [1.82, 2.24) is 0 Å². The summed E-state index contributed by atoms with van der Waals surface area (Å²) in [6, 6.07) is 8.64. The molecule has 0 amide bonds. The molecule has 6 heteroatoms. The van der Waals surface area contributed by atoms with Gasteiger partial charge in [-0.15, -0.1) is 11.3 Å². The lowest BCUT2D eigenvalue weighted by atomic mass is 10.3. The molecular weight excluding hydrogens is 345 g/mol. The number of benzene rings is 1. The molecule has 3 nitrogen and oxygen atoms in total. The van der Waals surface area contributed by atoms with Gasteiger partial charge in [0, 0.05) is 20.8 Å². The molecule has 106 valence electrons. The molecule has 1 N–H and O–H groups in total. The fraction of sp³-hybridized carbons (Fsp3) is 0.214. The topological polar surface area (TPSA) is 38.3 Å². The van der Waals surface area contributed by atoms with Crippen LogP contribution in [-0.4, -0.2) is 13.1 Å². The van der Waals surface area contributed by atoms with Crippen LogP contribution in [0.2, 0.25) is 0 Å². The van der Waals surface area contributed by atoms with Gasteiger partial charge in [-0.1, -0.05) is 6.07 Å². The van der Waals surface area contributed by atoms with E-state index in [9.17, 15) is 9.18 Å². The van der Waals surface area contributed by atoms with E-state index >= 15 is 0 Å². The predicted octanol–water partition coefficient (Wildman–Crippen LogP) is 3.98. The van der Waals surface area contributed by atoms with Gasteiger partial charge in [-0.2, -0.15) is 0 Å². The highest BCUT2D eigenvalue weighted by Gasteiger charge is 2.08. The number of carbonyl (C=O) groups excluding carboxylic acids is 1. The summed E-state index contributed by atoms with van der Waals surface area (Å²) in [5.41, 5.74) is 0.440. The fourth-order valence-electron chi connectivity index (χ4n) is 1.67. The standard InChI is InChI=1S/C14H13BrFNO2S/c1-19-13(18)7-9-5-6-10(20-9)8-17-14-11(15)3-2-4-12(14)16/h2-6,17H,7-8H2,1H3. The zero-order chi connectivity index (χ0) is 14.5. The third-order valence-corrected chi connectivity index (χ3v) is 4.41. The summed E-state index contributed by atoms with van der Waals surface area (Å²) in [7, 11) is 1.37. The first-order chi connectivity index (χ1) is 9.60. The van der Waals surface area contributed by atoms with Gasteiger partial charge in [0.1, 0.15) is 5.82 Å². The minimum absolute atomic E-state index is 0.261. The van der Waals surface area contributed by atoms with E-state index in [2.05, 4.69) is 26.0 Å². The van der Waals surface area contributed by atoms with Gasteiger partial charge >= 0.3 is 5.97 Å². The number of para-hydroxylation sites is 1. The summed E-state index contributed by atoms with van der Waals surface area (Å²) in [4.78, 5) is 13.1. The molecule has 1 aromatic carbocycles. The molecule has 0 fully saturated rings. The van der Waals surface area contributed by atoms with Crippen molar-refractivity contribution in [2.24, 2.45) is 0 Å². The number of halogens is 2. The molecular formula is C14H13BrFNO2S. The van der Waals surface area contributed by atoms with Crippen LogP contribution in [0.15, 0.2) is 34.8 Å². The first-order valence-electron chi connectivity index (χ1n) is 5.92. The molecule has 0 spiro atoms. The minimum Gasteiger partial charge on any atom is -0.469 e. The molecule has 0 bridgehead atoms. The molecule has 1 heterocycles. The van der Waals surface area contributed by atoms with Crippen molar-refractivity contribution >= 4 is 38.9 Å². The third kappa shape index (κ3) is 3.80. The van der Waals surface area contributed by atoms with Crippen LogP contribution in [0, 0.1) is 5.82 Å². The van der Waals surface area contributed by atoms with Crippen molar-refractivity contribution in [2.45, 2.75) is 13.0 Å². The lowest BCUT2D eigenvalue weighted by Gasteiger charge is -2.08. The Morgan fingerprint density at radius 1 is 1.35 bits per heavy atom. The quantitative estimate of drug-likeness (QED) is 0.822. The number of esters is 1. The van der Waals surface area contributed by atoms with Crippen molar-refractivity contribution in [3.8, 4) is 0 Å². The second-order valence-corrected chi connectivity index (χ2v) is 6.18. The number of rotatable bonds is 5. The maximum Gasteiger partial charge on any atom is 0.310 e. The van der Waals surface area contributed by atoms with Crippen molar-refractivity contribution in [3.05, 3.63) is 50.4 Å². The van der Waals surface area contributed by atoms with Gasteiger partial charge in [-0.3, -0.25) is 4.79 Å². The van der Waals surface area contributed by atoms with Gasteiger partial charge in [0.25, 0.3) is 0 Å². The highest BCUT2D eigenvalue weighted by atomic mass is 79.9. The van der Waals surface area contributed by atoms with Crippen LogP contribution >= 0.6 is 27.3 Å². The molecule has 0 aliphatic heterocycles.